The molecule has 0 spiro atoms. The number of amides is 1. The van der Waals surface area contributed by atoms with Crippen LogP contribution in [0.5, 0.6) is 11.5 Å². The number of benzene rings is 1. The van der Waals surface area contributed by atoms with Gasteiger partial charge in [-0.15, -0.1) is 0 Å². The van der Waals surface area contributed by atoms with Gasteiger partial charge in [-0.1, -0.05) is 0 Å². The van der Waals surface area contributed by atoms with Crippen LogP contribution in [0.3, 0.4) is 0 Å². The van der Waals surface area contributed by atoms with E-state index in [0.29, 0.717) is 22.9 Å². The summed E-state index contributed by atoms with van der Waals surface area (Å²) in [6.45, 7) is 1.70. The summed E-state index contributed by atoms with van der Waals surface area (Å²) in [6.07, 6.45) is 1.44. The van der Waals surface area contributed by atoms with E-state index < -0.39 is 5.91 Å². The van der Waals surface area contributed by atoms with E-state index in [0.717, 1.165) is 0 Å². The van der Waals surface area contributed by atoms with Gasteiger partial charge in [0.05, 0.1) is 14.2 Å². The van der Waals surface area contributed by atoms with E-state index in [1.54, 1.807) is 25.1 Å². The minimum absolute atomic E-state index is 0.262. The zero-order chi connectivity index (χ0) is 17.3. The first-order chi connectivity index (χ1) is 11.5. The maximum absolute atomic E-state index is 12.5. The Labute approximate surface area is 137 Å². The van der Waals surface area contributed by atoms with E-state index in [1.807, 2.05) is 0 Å². The topological polar surface area (TPSA) is 97.7 Å². The summed E-state index contributed by atoms with van der Waals surface area (Å²) >= 11 is 0. The average molecular weight is 328 g/mol. The molecule has 8 nitrogen and oxygen atoms in total. The van der Waals surface area contributed by atoms with Crippen LogP contribution in [0.25, 0.3) is 5.65 Å². The lowest BCUT2D eigenvalue weighted by Crippen LogP contribution is -2.17. The number of carbonyl (C=O) groups is 1. The molecule has 24 heavy (non-hydrogen) atoms. The second-order valence-corrected chi connectivity index (χ2v) is 5.14. The van der Waals surface area contributed by atoms with E-state index >= 15 is 0 Å². The number of carbonyl (C=O) groups excluding carboxylic acids is 1. The minimum Gasteiger partial charge on any atom is -0.497 e. The van der Waals surface area contributed by atoms with Gasteiger partial charge in [-0.05, 0) is 6.92 Å². The lowest BCUT2D eigenvalue weighted by atomic mass is 10.2. The number of hydrogen-bond donors (Lipinski definition) is 2. The van der Waals surface area contributed by atoms with Crippen molar-refractivity contribution in [1.29, 1.82) is 0 Å². The second-order valence-electron chi connectivity index (χ2n) is 5.14. The van der Waals surface area contributed by atoms with Gasteiger partial charge in [0, 0.05) is 41.8 Å². The summed E-state index contributed by atoms with van der Waals surface area (Å²) in [5.41, 5.74) is 1.30. The summed E-state index contributed by atoms with van der Waals surface area (Å²) in [4.78, 5) is 28.7. The van der Waals surface area contributed by atoms with Crippen molar-refractivity contribution in [2.45, 2.75) is 6.92 Å². The molecule has 124 valence electrons. The Bertz CT molecular complexity index is 952. The SMILES string of the molecule is COc1cc(NC(=O)c2c[nH]n3c(=O)cc(C)nc23)cc(OC)c1. The molecule has 1 amide bonds. The average Bonchev–Trinajstić information content (AvgIpc) is 2.98. The molecule has 0 atom stereocenters. The highest BCUT2D eigenvalue weighted by atomic mass is 16.5. The number of H-pyrrole nitrogens is 1. The Morgan fingerprint density at radius 1 is 1.17 bits per heavy atom. The van der Waals surface area contributed by atoms with Crippen LogP contribution >= 0.6 is 0 Å². The van der Waals surface area contributed by atoms with Crippen molar-refractivity contribution in [3.63, 3.8) is 0 Å². The third-order valence-corrected chi connectivity index (χ3v) is 3.48. The summed E-state index contributed by atoms with van der Waals surface area (Å²) in [5, 5.41) is 5.48. The van der Waals surface area contributed by atoms with Gasteiger partial charge in [0.15, 0.2) is 5.65 Å². The number of hydrogen-bond acceptors (Lipinski definition) is 5. The smallest absolute Gasteiger partial charge is 0.272 e. The van der Waals surface area contributed by atoms with Crippen LogP contribution in [0, 0.1) is 6.92 Å². The normalized spacial score (nSPS) is 10.6. The molecule has 0 aliphatic heterocycles. The Kier molecular flexibility index (Phi) is 3.95. The van der Waals surface area contributed by atoms with Crippen molar-refractivity contribution in [1.82, 2.24) is 14.6 Å². The maximum atomic E-state index is 12.5. The molecule has 1 aromatic carbocycles. The molecule has 0 aliphatic carbocycles. The highest BCUT2D eigenvalue weighted by Crippen LogP contribution is 2.26. The number of aryl methyl sites for hydroxylation is 1. The van der Waals surface area contributed by atoms with Gasteiger partial charge in [0.1, 0.15) is 17.1 Å². The van der Waals surface area contributed by atoms with E-state index in [1.165, 1.54) is 31.0 Å². The van der Waals surface area contributed by atoms with Gasteiger partial charge < -0.3 is 14.8 Å². The minimum atomic E-state index is -0.401. The molecule has 0 bridgehead atoms. The fourth-order valence-corrected chi connectivity index (χ4v) is 2.34. The largest absolute Gasteiger partial charge is 0.497 e. The molecular weight excluding hydrogens is 312 g/mol. The second kappa shape index (κ2) is 6.07. The first-order valence-electron chi connectivity index (χ1n) is 7.14. The molecular formula is C16H16N4O4. The van der Waals surface area contributed by atoms with Gasteiger partial charge in [0.25, 0.3) is 11.5 Å². The summed E-state index contributed by atoms with van der Waals surface area (Å²) in [7, 11) is 3.05. The Morgan fingerprint density at radius 2 is 1.83 bits per heavy atom. The predicted molar refractivity (Wildman–Crippen MR) is 88.0 cm³/mol. The summed E-state index contributed by atoms with van der Waals surface area (Å²) in [5.74, 6) is 0.698. The molecule has 3 rings (SSSR count). The fourth-order valence-electron chi connectivity index (χ4n) is 2.34. The molecule has 0 fully saturated rings. The fraction of sp³-hybridized carbons (Fsp3) is 0.188. The van der Waals surface area contributed by atoms with E-state index in [9.17, 15) is 9.59 Å². The highest BCUT2D eigenvalue weighted by molar-refractivity contribution is 6.08. The van der Waals surface area contributed by atoms with Gasteiger partial charge in [0.2, 0.25) is 0 Å². The molecule has 0 unspecified atom stereocenters. The number of nitrogens with one attached hydrogen (secondary N) is 2. The van der Waals surface area contributed by atoms with Crippen LogP contribution in [-0.2, 0) is 0 Å². The third-order valence-electron chi connectivity index (χ3n) is 3.48. The number of aromatic nitrogens is 3. The number of methoxy groups -OCH3 is 2. The van der Waals surface area contributed by atoms with Crippen LogP contribution in [0.1, 0.15) is 16.1 Å². The number of aromatic amines is 1. The summed E-state index contributed by atoms with van der Waals surface area (Å²) in [6, 6.07) is 6.42. The number of nitrogens with zero attached hydrogens (tertiary/aromatic N) is 2. The van der Waals surface area contributed by atoms with Gasteiger partial charge in [-0.25, -0.2) is 9.50 Å². The highest BCUT2D eigenvalue weighted by Gasteiger charge is 2.16. The van der Waals surface area contributed by atoms with Gasteiger partial charge >= 0.3 is 0 Å². The third kappa shape index (κ3) is 2.81. The number of anilines is 1. The first kappa shape index (κ1) is 15.6. The quantitative estimate of drug-likeness (QED) is 0.758. The molecule has 8 heteroatoms. The van der Waals surface area contributed by atoms with E-state index in [2.05, 4.69) is 15.4 Å². The molecule has 2 aromatic heterocycles. The van der Waals surface area contributed by atoms with Crippen molar-refractivity contribution in [2.24, 2.45) is 0 Å². The van der Waals surface area contributed by atoms with Crippen molar-refractivity contribution in [3.8, 4) is 11.5 Å². The maximum Gasteiger partial charge on any atom is 0.272 e. The molecule has 3 aromatic rings. The monoisotopic (exact) mass is 328 g/mol. The van der Waals surface area contributed by atoms with Crippen LogP contribution in [0.2, 0.25) is 0 Å². The number of rotatable bonds is 4. The van der Waals surface area contributed by atoms with Gasteiger partial charge in [-0.2, -0.15) is 0 Å². The summed E-state index contributed by atoms with van der Waals surface area (Å²) < 4.78 is 11.6. The molecule has 2 heterocycles. The van der Waals surface area contributed by atoms with Crippen molar-refractivity contribution in [2.75, 3.05) is 19.5 Å². The Morgan fingerprint density at radius 3 is 2.46 bits per heavy atom. The first-order valence-corrected chi connectivity index (χ1v) is 7.14. The Balaban J connectivity index is 1.98. The number of ether oxygens (including phenoxy) is 2. The number of fused-ring (bicyclic) bond motifs is 1. The lowest BCUT2D eigenvalue weighted by Gasteiger charge is -2.09. The lowest BCUT2D eigenvalue weighted by molar-refractivity contribution is 0.102. The van der Waals surface area contributed by atoms with E-state index in [-0.39, 0.29) is 16.8 Å². The van der Waals surface area contributed by atoms with Crippen molar-refractivity contribution in [3.05, 3.63) is 52.1 Å². The molecule has 0 radical (unpaired) electrons. The van der Waals surface area contributed by atoms with Crippen LogP contribution < -0.4 is 20.3 Å². The molecule has 0 aliphatic rings. The van der Waals surface area contributed by atoms with Crippen LogP contribution in [-0.4, -0.2) is 34.7 Å². The zero-order valence-corrected chi connectivity index (χ0v) is 13.4. The van der Waals surface area contributed by atoms with Crippen molar-refractivity contribution >= 4 is 17.2 Å². The van der Waals surface area contributed by atoms with Crippen molar-refractivity contribution < 1.29 is 14.3 Å². The Hall–Kier alpha value is -3.29. The molecule has 0 saturated carbocycles. The zero-order valence-electron chi connectivity index (χ0n) is 13.4. The van der Waals surface area contributed by atoms with Gasteiger partial charge in [-0.3, -0.25) is 14.7 Å². The van der Waals surface area contributed by atoms with E-state index in [4.69, 9.17) is 9.47 Å². The standard InChI is InChI=1S/C16H16N4O4/c1-9-4-14(21)20-15(18-9)13(8-17-20)16(22)19-10-5-11(23-2)7-12(6-10)24-3/h4-8,17H,1-3H3,(H,19,22). The predicted octanol–water partition coefficient (Wildman–Crippen LogP) is 1.60. The molecule has 2 N–H and O–H groups in total. The van der Waals surface area contributed by atoms with Crippen LogP contribution in [0.4, 0.5) is 5.69 Å². The van der Waals surface area contributed by atoms with Crippen LogP contribution in [0.15, 0.2) is 35.3 Å². The molecule has 0 saturated heterocycles.